The Labute approximate surface area is 87.9 Å². The lowest BCUT2D eigenvalue weighted by Gasteiger charge is -2.08. The van der Waals surface area contributed by atoms with Crippen molar-refractivity contribution in [2.24, 2.45) is 0 Å². The molecule has 7 heteroatoms. The Hall–Kier alpha value is -2.14. The highest BCUT2D eigenvalue weighted by Crippen LogP contribution is 2.23. The van der Waals surface area contributed by atoms with Gasteiger partial charge in [-0.1, -0.05) is 6.07 Å². The highest BCUT2D eigenvalue weighted by Gasteiger charge is 2.21. The number of carbonyl (C=O) groups excluding carboxylic acids is 1. The third kappa shape index (κ3) is 2.68. The average Bonchev–Trinajstić information content (AvgIpc) is 2.22. The Bertz CT molecular complexity index is 458. The maximum absolute atomic E-state index is 13.2. The van der Waals surface area contributed by atoms with Gasteiger partial charge >= 0.3 is 12.2 Å². The summed E-state index contributed by atoms with van der Waals surface area (Å²) < 4.78 is 42.8. The number of rotatable bonds is 3. The molecule has 0 aliphatic rings. The quantitative estimate of drug-likeness (QED) is 0.344. The van der Waals surface area contributed by atoms with Gasteiger partial charge in [0, 0.05) is 0 Å². The average molecular weight is 230 g/mol. The van der Waals surface area contributed by atoms with Crippen LogP contribution in [0, 0.1) is 11.6 Å². The van der Waals surface area contributed by atoms with Crippen molar-refractivity contribution in [2.75, 3.05) is 0 Å². The van der Waals surface area contributed by atoms with E-state index in [2.05, 4.69) is 9.53 Å². The lowest BCUT2D eigenvalue weighted by Crippen LogP contribution is -2.11. The van der Waals surface area contributed by atoms with Gasteiger partial charge in [-0.3, -0.25) is 0 Å². The van der Waals surface area contributed by atoms with Crippen molar-refractivity contribution in [2.45, 2.75) is 6.36 Å². The number of benzene rings is 1. The molecule has 0 aromatic heterocycles. The molecule has 0 aliphatic carbocycles. The minimum absolute atomic E-state index is 0.282. The van der Waals surface area contributed by atoms with Gasteiger partial charge < -0.3 is 10.3 Å². The fourth-order valence-corrected chi connectivity index (χ4v) is 0.939. The van der Waals surface area contributed by atoms with E-state index in [1.54, 1.807) is 0 Å². The minimum Gasteiger partial charge on any atom is -0.418 e. The minimum atomic E-state index is -2.47. The molecule has 0 radical (unpaired) electrons. The summed E-state index contributed by atoms with van der Waals surface area (Å²) in [7, 11) is 0. The number of nitrogens with zero attached hydrogens (tertiary/aromatic N) is 2. The van der Waals surface area contributed by atoms with Crippen LogP contribution < -0.4 is 0 Å². The van der Waals surface area contributed by atoms with Gasteiger partial charge in [0.25, 0.3) is 6.36 Å². The fourth-order valence-electron chi connectivity index (χ4n) is 0.939. The van der Waals surface area contributed by atoms with Crippen LogP contribution in [0.4, 0.5) is 13.2 Å². The molecule has 1 rings (SSSR count). The Morgan fingerprint density at radius 1 is 1.50 bits per heavy atom. The van der Waals surface area contributed by atoms with E-state index in [1.165, 1.54) is 0 Å². The van der Waals surface area contributed by atoms with Gasteiger partial charge in [0.1, 0.15) is 0 Å². The predicted molar refractivity (Wildman–Crippen MR) is 46.0 cm³/mol. The van der Waals surface area contributed by atoms with Crippen molar-refractivity contribution in [1.29, 1.82) is 0 Å². The zero-order valence-electron chi connectivity index (χ0n) is 7.73. The van der Waals surface area contributed by atoms with E-state index in [0.717, 1.165) is 18.2 Å². The monoisotopic (exact) mass is 230 g/mol. The smallest absolute Gasteiger partial charge is 0.416 e. The first-order valence-corrected chi connectivity index (χ1v) is 4.02. The first-order valence-electron chi connectivity index (χ1n) is 4.02. The van der Waals surface area contributed by atoms with Gasteiger partial charge in [0.2, 0.25) is 0 Å². The Kier molecular flexibility index (Phi) is 3.79. The zero-order valence-corrected chi connectivity index (χ0v) is 7.73. The van der Waals surface area contributed by atoms with E-state index >= 15 is 0 Å². The van der Waals surface area contributed by atoms with Gasteiger partial charge in [-0.15, -0.1) is 0 Å². The molecule has 1 aromatic carbocycles. The molecule has 1 unspecified atom stereocenters. The van der Waals surface area contributed by atoms with Gasteiger partial charge in [-0.05, 0) is 12.1 Å². The summed E-state index contributed by atoms with van der Waals surface area (Å²) in [6.45, 7) is 0. The zero-order chi connectivity index (χ0) is 12.1. The summed E-state index contributed by atoms with van der Waals surface area (Å²) in [5.41, 5.74) is 7.18. The first kappa shape index (κ1) is 11.9. The van der Waals surface area contributed by atoms with Crippen LogP contribution in [0.2, 0.25) is 0 Å². The van der Waals surface area contributed by atoms with Crippen molar-refractivity contribution in [1.82, 2.24) is 0 Å². The first-order chi connectivity index (χ1) is 7.56. The SMILES string of the molecule is [N-]=[N+]=CC(=O)OC(F)c1cccc(F)c1F. The largest absolute Gasteiger partial charge is 0.418 e. The molecule has 0 heterocycles. The van der Waals surface area contributed by atoms with E-state index in [9.17, 15) is 18.0 Å². The highest BCUT2D eigenvalue weighted by molar-refractivity contribution is 6.20. The topological polar surface area (TPSA) is 62.7 Å². The molecule has 0 aliphatic heterocycles. The van der Waals surface area contributed by atoms with Crippen LogP contribution in [0.25, 0.3) is 5.53 Å². The summed E-state index contributed by atoms with van der Waals surface area (Å²) in [6.07, 6.45) is -2.19. The number of carbonyl (C=O) groups is 1. The second-order valence-corrected chi connectivity index (χ2v) is 2.64. The Morgan fingerprint density at radius 2 is 2.19 bits per heavy atom. The number of hydrogen-bond donors (Lipinski definition) is 0. The maximum Gasteiger partial charge on any atom is 0.416 e. The molecule has 0 N–H and O–H groups in total. The molecule has 1 atom stereocenters. The predicted octanol–water partition coefficient (Wildman–Crippen LogP) is 1.78. The fraction of sp³-hybridized carbons (Fsp3) is 0.111. The summed E-state index contributed by atoms with van der Waals surface area (Å²) in [4.78, 5) is 12.9. The molecule has 0 fully saturated rings. The lowest BCUT2D eigenvalue weighted by molar-refractivity contribution is -0.153. The van der Waals surface area contributed by atoms with Gasteiger partial charge in [-0.25, -0.2) is 13.6 Å². The number of halogens is 3. The van der Waals surface area contributed by atoms with Crippen LogP contribution in [0.3, 0.4) is 0 Å². The van der Waals surface area contributed by atoms with Crippen LogP contribution in [-0.2, 0) is 9.53 Å². The summed E-state index contributed by atoms with van der Waals surface area (Å²) in [5, 5.41) is 0. The number of ether oxygens (including phenoxy) is 1. The number of esters is 1. The normalized spacial score (nSPS) is 11.4. The van der Waals surface area contributed by atoms with E-state index < -0.39 is 29.5 Å². The molecule has 0 spiro atoms. The standard InChI is InChI=1S/C9H5F3N2O2/c10-6-3-1-2-5(8(6)11)9(12)16-7(15)4-14-13/h1-4,9H. The summed E-state index contributed by atoms with van der Waals surface area (Å²) in [6, 6.07) is 2.78. The van der Waals surface area contributed by atoms with Crippen molar-refractivity contribution in [3.05, 3.63) is 40.9 Å². The molecular formula is C9H5F3N2O2. The molecule has 0 bridgehead atoms. The Balaban J connectivity index is 2.88. The Morgan fingerprint density at radius 3 is 2.81 bits per heavy atom. The second kappa shape index (κ2) is 5.09. The van der Waals surface area contributed by atoms with Gasteiger partial charge in [-0.2, -0.15) is 9.18 Å². The molecular weight excluding hydrogens is 225 g/mol. The van der Waals surface area contributed by atoms with Crippen LogP contribution in [0.15, 0.2) is 18.2 Å². The molecule has 16 heavy (non-hydrogen) atoms. The van der Waals surface area contributed by atoms with E-state index in [0.29, 0.717) is 0 Å². The molecule has 84 valence electrons. The van der Waals surface area contributed by atoms with Crippen molar-refractivity contribution in [3.63, 3.8) is 0 Å². The third-order valence-corrected chi connectivity index (χ3v) is 1.61. The van der Waals surface area contributed by atoms with E-state index in [1.807, 2.05) is 0 Å². The lowest BCUT2D eigenvalue weighted by atomic mass is 10.2. The molecule has 1 aromatic rings. The van der Waals surface area contributed by atoms with Crippen LogP contribution in [0.5, 0.6) is 0 Å². The highest BCUT2D eigenvalue weighted by atomic mass is 19.2. The van der Waals surface area contributed by atoms with Crippen molar-refractivity contribution >= 4 is 12.2 Å². The number of hydrogen-bond acceptors (Lipinski definition) is 2. The third-order valence-electron chi connectivity index (χ3n) is 1.61. The van der Waals surface area contributed by atoms with Crippen LogP contribution in [0.1, 0.15) is 11.9 Å². The van der Waals surface area contributed by atoms with Crippen LogP contribution >= 0.6 is 0 Å². The van der Waals surface area contributed by atoms with Gasteiger partial charge in [0.15, 0.2) is 11.6 Å². The van der Waals surface area contributed by atoms with Gasteiger partial charge in [0.05, 0.1) is 5.56 Å². The maximum atomic E-state index is 13.2. The van der Waals surface area contributed by atoms with E-state index in [4.69, 9.17) is 5.53 Å². The summed E-state index contributed by atoms with van der Waals surface area (Å²) >= 11 is 0. The molecule has 0 saturated carbocycles. The molecule has 4 nitrogen and oxygen atoms in total. The van der Waals surface area contributed by atoms with Crippen molar-refractivity contribution in [3.8, 4) is 0 Å². The molecule has 0 amide bonds. The summed E-state index contributed by atoms with van der Waals surface area (Å²) in [5.74, 6) is -4.02. The van der Waals surface area contributed by atoms with Crippen molar-refractivity contribution < 1.29 is 27.5 Å². The van der Waals surface area contributed by atoms with Crippen LogP contribution in [-0.4, -0.2) is 17.0 Å². The van der Waals surface area contributed by atoms with E-state index in [-0.39, 0.29) is 6.21 Å². The number of alkyl halides is 1. The molecule has 0 saturated heterocycles. The second-order valence-electron chi connectivity index (χ2n) is 2.64.